The number of rotatable bonds is 0. The van der Waals surface area contributed by atoms with E-state index in [9.17, 15) is 10.2 Å². The molecule has 66 valence electrons. The van der Waals surface area contributed by atoms with Crippen molar-refractivity contribution in [1.82, 2.24) is 0 Å². The number of aromatic amines is 1. The second kappa shape index (κ2) is 2.62. The van der Waals surface area contributed by atoms with Crippen LogP contribution >= 0.6 is 0 Å². The standard InChI is InChI=1S/C10H9NO2/c1-6-4-11-5-8-7(6)2-3-9(12)10(8)13/h2-5,12-13H,1H3/p+1. The number of phenolic OH excluding ortho intramolecular Hbond substituents is 2. The maximum absolute atomic E-state index is 9.51. The van der Waals surface area contributed by atoms with Gasteiger partial charge < -0.3 is 10.2 Å². The van der Waals surface area contributed by atoms with Gasteiger partial charge in [0.15, 0.2) is 23.9 Å². The van der Waals surface area contributed by atoms with E-state index in [1.807, 2.05) is 13.1 Å². The zero-order chi connectivity index (χ0) is 9.42. The van der Waals surface area contributed by atoms with Crippen LogP contribution in [0.25, 0.3) is 10.8 Å². The zero-order valence-corrected chi connectivity index (χ0v) is 7.20. The minimum atomic E-state index is -0.0912. The van der Waals surface area contributed by atoms with Crippen molar-refractivity contribution in [2.45, 2.75) is 6.92 Å². The monoisotopic (exact) mass is 176 g/mol. The average Bonchev–Trinajstić information content (AvgIpc) is 2.12. The smallest absolute Gasteiger partial charge is 0.178 e. The molecule has 1 aromatic carbocycles. The second-order valence-corrected chi connectivity index (χ2v) is 3.03. The van der Waals surface area contributed by atoms with Gasteiger partial charge in [0.2, 0.25) is 0 Å². The number of aryl methyl sites for hydroxylation is 1. The number of aromatic hydroxyl groups is 2. The molecule has 0 atom stereocenters. The van der Waals surface area contributed by atoms with Crippen molar-refractivity contribution >= 4 is 10.8 Å². The van der Waals surface area contributed by atoms with Gasteiger partial charge in [-0.05, 0) is 19.1 Å². The quantitative estimate of drug-likeness (QED) is 0.596. The SMILES string of the molecule is Cc1c[nH+]cc2c(O)c(O)ccc12. The predicted molar refractivity (Wildman–Crippen MR) is 48.6 cm³/mol. The second-order valence-electron chi connectivity index (χ2n) is 3.03. The molecule has 2 rings (SSSR count). The fourth-order valence-corrected chi connectivity index (χ4v) is 1.41. The van der Waals surface area contributed by atoms with Crippen LogP contribution in [0.5, 0.6) is 11.5 Å². The number of pyridine rings is 1. The summed E-state index contributed by atoms with van der Waals surface area (Å²) in [5, 5.41) is 20.3. The van der Waals surface area contributed by atoms with Gasteiger partial charge in [0.1, 0.15) is 0 Å². The Morgan fingerprint density at radius 1 is 1.08 bits per heavy atom. The van der Waals surface area contributed by atoms with E-state index in [-0.39, 0.29) is 11.5 Å². The first kappa shape index (κ1) is 7.86. The molecular weight excluding hydrogens is 166 g/mol. The van der Waals surface area contributed by atoms with E-state index in [0.29, 0.717) is 5.39 Å². The summed E-state index contributed by atoms with van der Waals surface area (Å²) in [7, 11) is 0. The fraction of sp³-hybridized carbons (Fsp3) is 0.100. The molecule has 13 heavy (non-hydrogen) atoms. The van der Waals surface area contributed by atoms with Gasteiger partial charge in [-0.15, -0.1) is 0 Å². The fourth-order valence-electron chi connectivity index (χ4n) is 1.41. The van der Waals surface area contributed by atoms with Crippen molar-refractivity contribution in [2.24, 2.45) is 0 Å². The van der Waals surface area contributed by atoms with E-state index in [0.717, 1.165) is 10.9 Å². The van der Waals surface area contributed by atoms with E-state index < -0.39 is 0 Å². The molecule has 0 saturated carbocycles. The number of benzene rings is 1. The maximum atomic E-state index is 9.51. The molecule has 1 heterocycles. The van der Waals surface area contributed by atoms with Crippen molar-refractivity contribution in [3.05, 3.63) is 30.1 Å². The third kappa shape index (κ3) is 1.09. The Kier molecular flexibility index (Phi) is 1.59. The van der Waals surface area contributed by atoms with Crippen LogP contribution in [-0.4, -0.2) is 10.2 Å². The molecule has 0 bridgehead atoms. The minimum Gasteiger partial charge on any atom is -0.504 e. The van der Waals surface area contributed by atoms with Crippen molar-refractivity contribution in [2.75, 3.05) is 0 Å². The number of hydrogen-bond acceptors (Lipinski definition) is 2. The normalized spacial score (nSPS) is 10.5. The Balaban J connectivity index is 2.94. The first-order chi connectivity index (χ1) is 6.20. The summed E-state index contributed by atoms with van der Waals surface area (Å²) in [5.41, 5.74) is 1.04. The van der Waals surface area contributed by atoms with Gasteiger partial charge in [-0.2, -0.15) is 0 Å². The number of H-pyrrole nitrogens is 1. The molecule has 0 aliphatic heterocycles. The van der Waals surface area contributed by atoms with E-state index >= 15 is 0 Å². The molecule has 0 radical (unpaired) electrons. The van der Waals surface area contributed by atoms with Crippen molar-refractivity contribution in [3.8, 4) is 11.5 Å². The predicted octanol–water partition coefficient (Wildman–Crippen LogP) is 1.37. The first-order valence-corrected chi connectivity index (χ1v) is 4.01. The Morgan fingerprint density at radius 3 is 2.62 bits per heavy atom. The Morgan fingerprint density at radius 2 is 1.85 bits per heavy atom. The Hall–Kier alpha value is -1.77. The van der Waals surface area contributed by atoms with E-state index in [1.165, 1.54) is 6.07 Å². The lowest BCUT2D eigenvalue weighted by molar-refractivity contribution is -0.376. The summed E-state index contributed by atoms with van der Waals surface area (Å²) >= 11 is 0. The van der Waals surface area contributed by atoms with Gasteiger partial charge in [0.05, 0.1) is 5.39 Å². The highest BCUT2D eigenvalue weighted by Crippen LogP contribution is 2.33. The van der Waals surface area contributed by atoms with Gasteiger partial charge in [0, 0.05) is 10.9 Å². The number of fused-ring (bicyclic) bond motifs is 1. The van der Waals surface area contributed by atoms with E-state index in [2.05, 4.69) is 4.98 Å². The maximum Gasteiger partial charge on any atom is 0.178 e. The van der Waals surface area contributed by atoms with Crippen molar-refractivity contribution in [3.63, 3.8) is 0 Å². The summed E-state index contributed by atoms with van der Waals surface area (Å²) < 4.78 is 0. The molecule has 0 unspecified atom stereocenters. The molecule has 0 fully saturated rings. The lowest BCUT2D eigenvalue weighted by Gasteiger charge is -2.01. The van der Waals surface area contributed by atoms with Gasteiger partial charge in [-0.3, -0.25) is 0 Å². The van der Waals surface area contributed by atoms with E-state index in [1.54, 1.807) is 12.3 Å². The van der Waals surface area contributed by atoms with Crippen LogP contribution in [0.4, 0.5) is 0 Å². The van der Waals surface area contributed by atoms with E-state index in [4.69, 9.17) is 0 Å². The lowest BCUT2D eigenvalue weighted by atomic mass is 10.1. The largest absolute Gasteiger partial charge is 0.504 e. The topological polar surface area (TPSA) is 54.6 Å². The van der Waals surface area contributed by atoms with Crippen LogP contribution in [0.1, 0.15) is 5.56 Å². The summed E-state index contributed by atoms with van der Waals surface area (Å²) in [4.78, 5) is 2.90. The number of aromatic nitrogens is 1. The molecule has 3 heteroatoms. The molecule has 2 aromatic rings. The highest BCUT2D eigenvalue weighted by atomic mass is 16.3. The zero-order valence-electron chi connectivity index (χ0n) is 7.20. The Bertz CT molecular complexity index is 466. The van der Waals surface area contributed by atoms with Crippen LogP contribution in [0.2, 0.25) is 0 Å². The minimum absolute atomic E-state index is 0.0718. The third-order valence-electron chi connectivity index (χ3n) is 2.15. The Labute approximate surface area is 75.3 Å². The van der Waals surface area contributed by atoms with Crippen LogP contribution in [0, 0.1) is 6.92 Å². The lowest BCUT2D eigenvalue weighted by Crippen LogP contribution is -2.00. The number of phenols is 2. The van der Waals surface area contributed by atoms with Gasteiger partial charge >= 0.3 is 0 Å². The molecule has 0 aliphatic rings. The molecule has 0 amide bonds. The molecule has 0 spiro atoms. The highest BCUT2D eigenvalue weighted by Gasteiger charge is 2.08. The van der Waals surface area contributed by atoms with Gasteiger partial charge in [-0.1, -0.05) is 0 Å². The van der Waals surface area contributed by atoms with Crippen LogP contribution in [0.3, 0.4) is 0 Å². The third-order valence-corrected chi connectivity index (χ3v) is 2.15. The van der Waals surface area contributed by atoms with Crippen molar-refractivity contribution in [1.29, 1.82) is 0 Å². The molecule has 3 N–H and O–H groups in total. The van der Waals surface area contributed by atoms with Gasteiger partial charge in [0.25, 0.3) is 0 Å². The van der Waals surface area contributed by atoms with Crippen LogP contribution in [-0.2, 0) is 0 Å². The summed E-state index contributed by atoms with van der Waals surface area (Å²) in [6.07, 6.45) is 3.51. The molecule has 1 aromatic heterocycles. The van der Waals surface area contributed by atoms with Crippen LogP contribution in [0.15, 0.2) is 24.5 Å². The van der Waals surface area contributed by atoms with Crippen LogP contribution < -0.4 is 4.98 Å². The summed E-state index contributed by atoms with van der Waals surface area (Å²) in [6, 6.07) is 3.28. The molecule has 3 nitrogen and oxygen atoms in total. The summed E-state index contributed by atoms with van der Waals surface area (Å²) in [6.45, 7) is 1.94. The molecule has 0 saturated heterocycles. The summed E-state index contributed by atoms with van der Waals surface area (Å²) in [5.74, 6) is -0.163. The highest BCUT2D eigenvalue weighted by molar-refractivity contribution is 5.91. The van der Waals surface area contributed by atoms with Crippen molar-refractivity contribution < 1.29 is 15.2 Å². The van der Waals surface area contributed by atoms with Gasteiger partial charge in [-0.25, -0.2) is 4.98 Å². The number of nitrogens with one attached hydrogen (secondary N) is 1. The number of hydrogen-bond donors (Lipinski definition) is 2. The molecular formula is C10H10NO2+. The average molecular weight is 176 g/mol. The molecule has 0 aliphatic carbocycles. The first-order valence-electron chi connectivity index (χ1n) is 4.01.